The molecule has 2 saturated heterocycles. The molecule has 7 rings (SSSR count). The molecule has 0 saturated carbocycles. The van der Waals surface area contributed by atoms with Crippen molar-refractivity contribution < 1.29 is 14.6 Å². The Bertz CT molecular complexity index is 1680. The summed E-state index contributed by atoms with van der Waals surface area (Å²) in [5.41, 5.74) is 4.88. The average Bonchev–Trinajstić information content (AvgIpc) is 3.63. The van der Waals surface area contributed by atoms with Crippen LogP contribution in [0.3, 0.4) is 0 Å². The van der Waals surface area contributed by atoms with E-state index >= 15 is 0 Å². The number of aromatic amines is 2. The van der Waals surface area contributed by atoms with Gasteiger partial charge in [-0.25, -0.2) is 9.97 Å². The second-order valence-corrected chi connectivity index (χ2v) is 11.0. The molecule has 2 aliphatic rings. The second-order valence-electron chi connectivity index (χ2n) is 11.0. The number of aliphatic hydroxyl groups excluding tert-OH is 1. The molecule has 4 aromatic heterocycles. The molecule has 1 amide bonds. The summed E-state index contributed by atoms with van der Waals surface area (Å²) in [4.78, 5) is 28.1. The number of nitrogens with one attached hydrogen (secondary N) is 2. The Kier molecular flexibility index (Phi) is 5.92. The van der Waals surface area contributed by atoms with Gasteiger partial charge in [-0.05, 0) is 62.2 Å². The first-order valence-electron chi connectivity index (χ1n) is 13.7. The van der Waals surface area contributed by atoms with E-state index in [4.69, 9.17) is 14.8 Å². The number of piperidine rings is 1. The lowest BCUT2D eigenvalue weighted by Gasteiger charge is -2.54. The van der Waals surface area contributed by atoms with Crippen LogP contribution in [-0.4, -0.2) is 73.8 Å². The highest BCUT2D eigenvalue weighted by molar-refractivity contribution is 5.93. The number of carbonyl (C=O) groups excluding carboxylic acids is 1. The molecule has 1 atom stereocenters. The van der Waals surface area contributed by atoms with Gasteiger partial charge in [0, 0.05) is 72.1 Å². The van der Waals surface area contributed by atoms with Crippen LogP contribution in [-0.2, 0) is 4.79 Å². The molecule has 3 N–H and O–H groups in total. The molecule has 0 aliphatic carbocycles. The normalized spacial score (nSPS) is 17.4. The fourth-order valence-corrected chi connectivity index (χ4v) is 6.18. The van der Waals surface area contributed by atoms with Crippen LogP contribution >= 0.6 is 0 Å². The minimum absolute atomic E-state index is 0.155. The number of rotatable bonds is 6. The van der Waals surface area contributed by atoms with Gasteiger partial charge in [0.05, 0.1) is 5.52 Å². The maximum atomic E-state index is 11.8. The Morgan fingerprint density at radius 1 is 1.10 bits per heavy atom. The molecule has 1 aromatic carbocycles. The van der Waals surface area contributed by atoms with E-state index in [-0.39, 0.29) is 17.4 Å². The number of H-pyrrole nitrogens is 2. The first kappa shape index (κ1) is 24.6. The quantitative estimate of drug-likeness (QED) is 0.298. The number of hydrogen-bond acceptors (Lipinski definition) is 7. The first-order chi connectivity index (χ1) is 19.5. The average molecular weight is 538 g/mol. The molecule has 1 unspecified atom stereocenters. The smallest absolute Gasteiger partial charge is 0.248 e. The van der Waals surface area contributed by atoms with Crippen molar-refractivity contribution >= 4 is 33.7 Å². The molecule has 2 fully saturated rings. The van der Waals surface area contributed by atoms with E-state index in [0.717, 1.165) is 89.3 Å². The van der Waals surface area contributed by atoms with Gasteiger partial charge in [0.2, 0.25) is 5.91 Å². The maximum absolute atomic E-state index is 11.8. The van der Waals surface area contributed by atoms with E-state index in [1.54, 1.807) is 11.1 Å². The van der Waals surface area contributed by atoms with Crippen molar-refractivity contribution in [2.45, 2.75) is 25.9 Å². The van der Waals surface area contributed by atoms with Crippen molar-refractivity contribution in [3.05, 3.63) is 66.6 Å². The lowest BCUT2D eigenvalue weighted by atomic mass is 9.72. The maximum Gasteiger partial charge on any atom is 0.248 e. The number of likely N-dealkylation sites (tertiary alicyclic amines) is 1. The van der Waals surface area contributed by atoms with Gasteiger partial charge in [-0.2, -0.15) is 5.10 Å². The number of carbonyl (C=O) groups is 1. The van der Waals surface area contributed by atoms with Gasteiger partial charge >= 0.3 is 0 Å². The predicted octanol–water partition coefficient (Wildman–Crippen LogP) is 4.06. The van der Waals surface area contributed by atoms with Crippen LogP contribution in [0.4, 0.5) is 5.82 Å². The number of amides is 1. The Labute approximate surface area is 231 Å². The number of ether oxygens (including phenoxy) is 1. The Hall–Kier alpha value is -4.44. The summed E-state index contributed by atoms with van der Waals surface area (Å²) in [6.45, 7) is 4.96. The lowest BCUT2D eigenvalue weighted by molar-refractivity contribution is -0.136. The van der Waals surface area contributed by atoms with Gasteiger partial charge < -0.3 is 24.6 Å². The van der Waals surface area contributed by atoms with Crippen molar-refractivity contribution in [1.29, 1.82) is 0 Å². The highest BCUT2D eigenvalue weighted by Crippen LogP contribution is 2.42. The van der Waals surface area contributed by atoms with E-state index in [2.05, 4.69) is 37.2 Å². The lowest BCUT2D eigenvalue weighted by Crippen LogP contribution is -2.61. The number of fused-ring (bicyclic) bond motifs is 2. The van der Waals surface area contributed by atoms with Crippen LogP contribution in [0.5, 0.6) is 5.75 Å². The zero-order valence-electron chi connectivity index (χ0n) is 22.3. The van der Waals surface area contributed by atoms with E-state index in [1.807, 2.05) is 49.6 Å². The third-order valence-corrected chi connectivity index (χ3v) is 8.49. The molecule has 0 bridgehead atoms. The summed E-state index contributed by atoms with van der Waals surface area (Å²) in [7, 11) is 0. The third-order valence-electron chi connectivity index (χ3n) is 8.49. The standard InChI is InChI=1S/C30H31N7O3/c1-19(22-6-10-31-29-23(22)7-11-32-29)40-21-3-4-25-24(14-21)28(35-34-25)20-2-5-26(33-15-20)37-17-30(18-37)8-12-36(13-9-30)27(39)16-38/h2-7,10-11,14-15,19,38H,8-9,12-13,16-18H2,1H3,(H,31,32)(H,34,35). The van der Waals surface area contributed by atoms with Crippen molar-refractivity contribution in [3.8, 4) is 17.0 Å². The predicted molar refractivity (Wildman–Crippen MR) is 152 cm³/mol. The van der Waals surface area contributed by atoms with Crippen molar-refractivity contribution in [3.63, 3.8) is 0 Å². The van der Waals surface area contributed by atoms with Gasteiger partial charge in [0.25, 0.3) is 0 Å². The SMILES string of the molecule is CC(Oc1ccc2[nH]nc(-c3ccc(N4CC5(CCN(C(=O)CO)CC5)C4)nc3)c2c1)c1ccnc2[nH]ccc12. The zero-order valence-corrected chi connectivity index (χ0v) is 22.3. The molecule has 2 aliphatic heterocycles. The largest absolute Gasteiger partial charge is 0.486 e. The molecule has 1 spiro atoms. The summed E-state index contributed by atoms with van der Waals surface area (Å²) >= 11 is 0. The third kappa shape index (κ3) is 4.24. The number of pyridine rings is 2. The molecule has 0 radical (unpaired) electrons. The van der Waals surface area contributed by atoms with Gasteiger partial charge in [-0.1, -0.05) is 0 Å². The Morgan fingerprint density at radius 2 is 1.95 bits per heavy atom. The number of aromatic nitrogens is 5. The highest BCUT2D eigenvalue weighted by Gasteiger charge is 2.45. The first-order valence-corrected chi connectivity index (χ1v) is 13.7. The summed E-state index contributed by atoms with van der Waals surface area (Å²) < 4.78 is 6.36. The molecular formula is C30H31N7O3. The topological polar surface area (TPSA) is 123 Å². The van der Waals surface area contributed by atoms with Gasteiger partial charge in [-0.15, -0.1) is 0 Å². The number of hydrogen-bond donors (Lipinski definition) is 3. The number of aliphatic hydroxyl groups is 1. The summed E-state index contributed by atoms with van der Waals surface area (Å²) in [5.74, 6) is 1.55. The molecule has 10 heteroatoms. The number of benzene rings is 1. The van der Waals surface area contributed by atoms with Crippen LogP contribution in [0.1, 0.15) is 31.4 Å². The van der Waals surface area contributed by atoms with Crippen molar-refractivity contribution in [2.75, 3.05) is 37.7 Å². The van der Waals surface area contributed by atoms with Crippen LogP contribution in [0.2, 0.25) is 0 Å². The Morgan fingerprint density at radius 3 is 2.73 bits per heavy atom. The Balaban J connectivity index is 1.05. The molecular weight excluding hydrogens is 506 g/mol. The highest BCUT2D eigenvalue weighted by atomic mass is 16.5. The van der Waals surface area contributed by atoms with Crippen LogP contribution in [0, 0.1) is 5.41 Å². The van der Waals surface area contributed by atoms with E-state index in [1.165, 1.54) is 0 Å². The van der Waals surface area contributed by atoms with Crippen LogP contribution in [0.15, 0.2) is 61.1 Å². The second kappa shape index (κ2) is 9.63. The summed E-state index contributed by atoms with van der Waals surface area (Å²) in [5, 5.41) is 18.9. The van der Waals surface area contributed by atoms with Crippen molar-refractivity contribution in [1.82, 2.24) is 30.0 Å². The van der Waals surface area contributed by atoms with E-state index in [9.17, 15) is 4.79 Å². The van der Waals surface area contributed by atoms with Gasteiger partial charge in [0.1, 0.15) is 35.6 Å². The number of anilines is 1. The molecule has 6 heterocycles. The molecule has 40 heavy (non-hydrogen) atoms. The fraction of sp³-hybridized carbons (Fsp3) is 0.333. The minimum atomic E-state index is -0.406. The molecule has 204 valence electrons. The number of nitrogens with zero attached hydrogens (tertiary/aromatic N) is 5. The van der Waals surface area contributed by atoms with Crippen LogP contribution < -0.4 is 9.64 Å². The summed E-state index contributed by atoms with van der Waals surface area (Å²) in [6.07, 6.45) is 7.35. The van der Waals surface area contributed by atoms with Crippen molar-refractivity contribution in [2.24, 2.45) is 5.41 Å². The zero-order chi connectivity index (χ0) is 27.3. The molecule has 5 aromatic rings. The van der Waals surface area contributed by atoms with Crippen LogP contribution in [0.25, 0.3) is 33.2 Å². The van der Waals surface area contributed by atoms with Gasteiger partial charge in [0.15, 0.2) is 0 Å². The monoisotopic (exact) mass is 537 g/mol. The fourth-order valence-electron chi connectivity index (χ4n) is 6.18. The van der Waals surface area contributed by atoms with E-state index in [0.29, 0.717) is 0 Å². The van der Waals surface area contributed by atoms with E-state index < -0.39 is 6.61 Å². The summed E-state index contributed by atoms with van der Waals surface area (Å²) in [6, 6.07) is 14.1. The minimum Gasteiger partial charge on any atom is -0.486 e. The van der Waals surface area contributed by atoms with Gasteiger partial charge in [-0.3, -0.25) is 9.89 Å². The molecule has 10 nitrogen and oxygen atoms in total.